The van der Waals surface area contributed by atoms with Crippen molar-refractivity contribution >= 4 is 17.5 Å². The molecule has 1 saturated carbocycles. The number of aliphatic carboxylic acids is 1. The topological polar surface area (TPSA) is 87.0 Å². The minimum Gasteiger partial charge on any atom is -0.512 e. The number of aliphatic imine (C=N–C) groups is 1. The summed E-state index contributed by atoms with van der Waals surface area (Å²) in [5.41, 5.74) is 1.61. The lowest BCUT2D eigenvalue weighted by molar-refractivity contribution is -0.138. The van der Waals surface area contributed by atoms with E-state index in [0.717, 1.165) is 5.56 Å². The summed E-state index contributed by atoms with van der Waals surface area (Å²) >= 11 is 0. The van der Waals surface area contributed by atoms with Crippen LogP contribution in [-0.4, -0.2) is 33.7 Å². The second-order valence-electron chi connectivity index (χ2n) is 5.70. The van der Waals surface area contributed by atoms with Gasteiger partial charge in [-0.3, -0.25) is 9.79 Å². The summed E-state index contributed by atoms with van der Waals surface area (Å²) in [6.45, 7) is 3.21. The molecule has 23 heavy (non-hydrogen) atoms. The second kappa shape index (κ2) is 7.22. The van der Waals surface area contributed by atoms with Gasteiger partial charge in [-0.05, 0) is 24.8 Å². The van der Waals surface area contributed by atoms with E-state index >= 15 is 0 Å². The third kappa shape index (κ3) is 3.86. The molecule has 0 bridgehead atoms. The molecule has 0 amide bonds. The van der Waals surface area contributed by atoms with Gasteiger partial charge in [-0.1, -0.05) is 37.3 Å². The molecule has 0 aromatic heterocycles. The number of Topliss-reactive ketones (excluding diaryl/α,β-unsaturated/α-hetero) is 1. The first-order valence-corrected chi connectivity index (χ1v) is 7.74. The van der Waals surface area contributed by atoms with Gasteiger partial charge in [0, 0.05) is 12.8 Å². The first kappa shape index (κ1) is 16.9. The van der Waals surface area contributed by atoms with E-state index in [1.165, 1.54) is 6.92 Å². The number of hydrogen-bond donors (Lipinski definition) is 2. The Hall–Kier alpha value is -2.43. The quantitative estimate of drug-likeness (QED) is 0.659. The predicted molar refractivity (Wildman–Crippen MR) is 87.9 cm³/mol. The van der Waals surface area contributed by atoms with Crippen molar-refractivity contribution in [3.63, 3.8) is 0 Å². The van der Waals surface area contributed by atoms with Gasteiger partial charge in [-0.2, -0.15) is 0 Å². The van der Waals surface area contributed by atoms with Crippen LogP contribution in [0.2, 0.25) is 0 Å². The fourth-order valence-corrected chi connectivity index (χ4v) is 2.77. The molecule has 1 aliphatic rings. The summed E-state index contributed by atoms with van der Waals surface area (Å²) in [5.74, 6) is -1.29. The van der Waals surface area contributed by atoms with Crippen LogP contribution < -0.4 is 0 Å². The normalized spacial score (nSPS) is 23.7. The van der Waals surface area contributed by atoms with Crippen LogP contribution in [0.5, 0.6) is 0 Å². The highest BCUT2D eigenvalue weighted by Gasteiger charge is 2.32. The first-order chi connectivity index (χ1) is 10.9. The van der Waals surface area contributed by atoms with Gasteiger partial charge in [-0.25, -0.2) is 4.79 Å². The number of carbonyl (C=O) groups excluding carboxylic acids is 1. The number of carboxylic acid groups (broad SMARTS) is 1. The smallest absolute Gasteiger partial charge is 0.328 e. The van der Waals surface area contributed by atoms with Crippen LogP contribution in [0.25, 0.3) is 0 Å². The van der Waals surface area contributed by atoms with Crippen molar-refractivity contribution in [1.29, 1.82) is 0 Å². The van der Waals surface area contributed by atoms with Gasteiger partial charge in [0.25, 0.3) is 0 Å². The lowest BCUT2D eigenvalue weighted by Crippen LogP contribution is -2.28. The van der Waals surface area contributed by atoms with Gasteiger partial charge in [0.05, 0.1) is 11.3 Å². The van der Waals surface area contributed by atoms with Crippen LogP contribution in [0.15, 0.2) is 46.7 Å². The molecule has 0 unspecified atom stereocenters. The van der Waals surface area contributed by atoms with Crippen molar-refractivity contribution in [3.05, 3.63) is 47.2 Å². The number of carbonyl (C=O) groups is 2. The number of aliphatic hydroxyl groups is 1. The molecule has 0 spiro atoms. The van der Waals surface area contributed by atoms with Crippen molar-refractivity contribution in [2.24, 2.45) is 4.99 Å². The van der Waals surface area contributed by atoms with Crippen LogP contribution in [-0.2, 0) is 9.59 Å². The number of nitrogens with zero attached hydrogens (tertiary/aromatic N) is 1. The van der Waals surface area contributed by atoms with Crippen LogP contribution >= 0.6 is 0 Å². The first-order valence-electron chi connectivity index (χ1n) is 7.74. The molecule has 1 aliphatic carbocycles. The third-order valence-corrected chi connectivity index (χ3v) is 4.04. The molecule has 5 nitrogen and oxygen atoms in total. The van der Waals surface area contributed by atoms with Crippen molar-refractivity contribution < 1.29 is 19.8 Å². The fraction of sp³-hybridized carbons (Fsp3) is 0.389. The number of benzene rings is 1. The lowest BCUT2D eigenvalue weighted by atomic mass is 9.78. The Balaban J connectivity index is 2.43. The number of ketones is 1. The molecule has 0 aliphatic heterocycles. The largest absolute Gasteiger partial charge is 0.512 e. The molecular weight excluding hydrogens is 294 g/mol. The van der Waals surface area contributed by atoms with Crippen molar-refractivity contribution in [3.8, 4) is 0 Å². The van der Waals surface area contributed by atoms with Gasteiger partial charge in [0.2, 0.25) is 0 Å². The Morgan fingerprint density at radius 3 is 2.48 bits per heavy atom. The van der Waals surface area contributed by atoms with E-state index in [2.05, 4.69) is 4.99 Å². The zero-order valence-electron chi connectivity index (χ0n) is 13.3. The summed E-state index contributed by atoms with van der Waals surface area (Å²) < 4.78 is 0. The fourth-order valence-electron chi connectivity index (χ4n) is 2.77. The molecule has 122 valence electrons. The standard InChI is InChI=1S/C18H21NO4/c1-3-15(20)17-14(19-11(2)18(22)23)9-13(10-16(17)21)12-7-5-4-6-8-12/h4-8,11,13,20H,3,9-10H2,1-2H3,(H,22,23)/t11-,13-/m0/s1. The Morgan fingerprint density at radius 2 is 1.91 bits per heavy atom. The zero-order chi connectivity index (χ0) is 17.0. The Labute approximate surface area is 135 Å². The summed E-state index contributed by atoms with van der Waals surface area (Å²) in [6.07, 6.45) is 1.06. The van der Waals surface area contributed by atoms with E-state index in [-0.39, 0.29) is 23.0 Å². The van der Waals surface area contributed by atoms with E-state index in [4.69, 9.17) is 5.11 Å². The van der Waals surface area contributed by atoms with E-state index in [1.54, 1.807) is 6.92 Å². The highest BCUT2D eigenvalue weighted by Crippen LogP contribution is 2.33. The van der Waals surface area contributed by atoms with Gasteiger partial charge in [0.15, 0.2) is 5.78 Å². The number of rotatable bonds is 4. The predicted octanol–water partition coefficient (Wildman–Crippen LogP) is 3.27. The molecule has 0 saturated heterocycles. The Kier molecular flexibility index (Phi) is 5.32. The molecule has 0 radical (unpaired) electrons. The Morgan fingerprint density at radius 1 is 1.26 bits per heavy atom. The molecule has 2 atom stereocenters. The maximum absolute atomic E-state index is 12.5. The molecule has 1 aromatic rings. The molecule has 0 heterocycles. The van der Waals surface area contributed by atoms with E-state index in [1.807, 2.05) is 30.3 Å². The van der Waals surface area contributed by atoms with Crippen LogP contribution in [0.3, 0.4) is 0 Å². The van der Waals surface area contributed by atoms with Crippen molar-refractivity contribution in [1.82, 2.24) is 0 Å². The SMILES string of the molecule is CCC(O)=C1C(=O)C[C@@H](c2ccccc2)CC1=N[C@@H](C)C(=O)O. The molecular formula is C18H21NO4. The minimum atomic E-state index is -1.05. The maximum atomic E-state index is 12.5. The number of carboxylic acids is 1. The third-order valence-electron chi connectivity index (χ3n) is 4.04. The summed E-state index contributed by atoms with van der Waals surface area (Å²) in [7, 11) is 0. The molecule has 1 fully saturated rings. The lowest BCUT2D eigenvalue weighted by Gasteiger charge is -2.26. The summed E-state index contributed by atoms with van der Waals surface area (Å²) in [5, 5.41) is 19.1. The van der Waals surface area contributed by atoms with Crippen molar-refractivity contribution in [2.45, 2.75) is 45.1 Å². The van der Waals surface area contributed by atoms with Gasteiger partial charge in [-0.15, -0.1) is 0 Å². The van der Waals surface area contributed by atoms with Crippen LogP contribution in [0.1, 0.15) is 44.6 Å². The summed E-state index contributed by atoms with van der Waals surface area (Å²) in [6, 6.07) is 8.67. The minimum absolute atomic E-state index is 0.0159. The number of aliphatic hydroxyl groups excluding tert-OH is 1. The van der Waals surface area contributed by atoms with Gasteiger partial charge in [0.1, 0.15) is 11.8 Å². The molecule has 2 rings (SSSR count). The molecule has 1 aromatic carbocycles. The number of hydrogen-bond acceptors (Lipinski definition) is 4. The van der Waals surface area contributed by atoms with E-state index in [9.17, 15) is 14.7 Å². The van der Waals surface area contributed by atoms with Gasteiger partial charge < -0.3 is 10.2 Å². The zero-order valence-corrected chi connectivity index (χ0v) is 13.3. The average molecular weight is 315 g/mol. The highest BCUT2D eigenvalue weighted by atomic mass is 16.4. The Bertz CT molecular complexity index is 661. The molecule has 5 heteroatoms. The number of allylic oxidation sites excluding steroid dienone is 2. The van der Waals surface area contributed by atoms with Gasteiger partial charge >= 0.3 is 5.97 Å². The van der Waals surface area contributed by atoms with Crippen LogP contribution in [0, 0.1) is 0 Å². The van der Waals surface area contributed by atoms with E-state index < -0.39 is 12.0 Å². The highest BCUT2D eigenvalue weighted by molar-refractivity contribution is 6.25. The van der Waals surface area contributed by atoms with E-state index in [0.29, 0.717) is 25.0 Å². The summed E-state index contributed by atoms with van der Waals surface area (Å²) in [4.78, 5) is 27.8. The van der Waals surface area contributed by atoms with Crippen molar-refractivity contribution in [2.75, 3.05) is 0 Å². The van der Waals surface area contributed by atoms with Crippen LogP contribution in [0.4, 0.5) is 0 Å². The maximum Gasteiger partial charge on any atom is 0.328 e. The monoisotopic (exact) mass is 315 g/mol. The average Bonchev–Trinajstić information content (AvgIpc) is 2.54. The second-order valence-corrected chi connectivity index (χ2v) is 5.70. The molecule has 2 N–H and O–H groups in total.